The lowest BCUT2D eigenvalue weighted by Crippen LogP contribution is -2.02. The number of aromatic amines is 1. The summed E-state index contributed by atoms with van der Waals surface area (Å²) < 4.78 is 15.0. The second-order valence-electron chi connectivity index (χ2n) is 3.32. The van der Waals surface area contributed by atoms with Gasteiger partial charge in [-0.1, -0.05) is 0 Å². The highest BCUT2D eigenvalue weighted by atomic mass is 16.5. The Kier molecular flexibility index (Phi) is 2.86. The maximum Gasteiger partial charge on any atom is 0.359 e. The fourth-order valence-corrected chi connectivity index (χ4v) is 1.60. The molecule has 0 bridgehead atoms. The van der Waals surface area contributed by atoms with Crippen LogP contribution in [0.2, 0.25) is 0 Å². The van der Waals surface area contributed by atoms with Gasteiger partial charge in [-0.05, 0) is 6.07 Å². The lowest BCUT2D eigenvalue weighted by atomic mass is 10.2. The summed E-state index contributed by atoms with van der Waals surface area (Å²) >= 11 is 0. The van der Waals surface area contributed by atoms with Gasteiger partial charge in [0, 0.05) is 11.5 Å². The normalized spacial score (nSPS) is 10.3. The zero-order valence-corrected chi connectivity index (χ0v) is 9.73. The van der Waals surface area contributed by atoms with Crippen molar-refractivity contribution in [3.63, 3.8) is 0 Å². The molecule has 0 spiro atoms. The van der Waals surface area contributed by atoms with Crippen molar-refractivity contribution in [2.45, 2.75) is 0 Å². The summed E-state index contributed by atoms with van der Waals surface area (Å²) in [5.74, 6) is 0.607. The van der Waals surface area contributed by atoms with Crippen molar-refractivity contribution in [2.75, 3.05) is 21.3 Å². The first-order chi connectivity index (χ1) is 8.21. The highest BCUT2D eigenvalue weighted by molar-refractivity contribution is 6.02. The number of hydrogen-bond acceptors (Lipinski definition) is 5. The van der Waals surface area contributed by atoms with Crippen molar-refractivity contribution in [1.82, 2.24) is 10.2 Å². The van der Waals surface area contributed by atoms with Crippen LogP contribution in [-0.4, -0.2) is 37.5 Å². The molecule has 0 atom stereocenters. The number of carbonyl (C=O) groups is 1. The number of carbonyl (C=O) groups excluding carboxylic acids is 1. The third kappa shape index (κ3) is 1.77. The standard InChI is InChI=1S/C11H12N2O4/c1-15-8-4-6-7(5-9(8)16-2)12-13-10(6)11(14)17-3/h4-5H,1-3H3,(H,12,13). The molecule has 2 aromatic rings. The van der Waals surface area contributed by atoms with Crippen molar-refractivity contribution < 1.29 is 19.0 Å². The maximum absolute atomic E-state index is 11.5. The highest BCUT2D eigenvalue weighted by Crippen LogP contribution is 2.32. The molecule has 2 rings (SSSR count). The minimum atomic E-state index is -0.497. The van der Waals surface area contributed by atoms with Crippen LogP contribution in [0.15, 0.2) is 12.1 Å². The molecule has 0 aliphatic rings. The Morgan fingerprint density at radius 3 is 2.41 bits per heavy atom. The van der Waals surface area contributed by atoms with Gasteiger partial charge in [0.2, 0.25) is 0 Å². The molecular weight excluding hydrogens is 224 g/mol. The summed E-state index contributed by atoms with van der Waals surface area (Å²) in [4.78, 5) is 11.5. The first kappa shape index (κ1) is 11.3. The quantitative estimate of drug-likeness (QED) is 0.814. The van der Waals surface area contributed by atoms with Gasteiger partial charge in [-0.2, -0.15) is 5.10 Å². The molecule has 0 fully saturated rings. The lowest BCUT2D eigenvalue weighted by molar-refractivity contribution is 0.0596. The fourth-order valence-electron chi connectivity index (χ4n) is 1.60. The topological polar surface area (TPSA) is 73.4 Å². The van der Waals surface area contributed by atoms with Crippen molar-refractivity contribution in [3.8, 4) is 11.5 Å². The van der Waals surface area contributed by atoms with Crippen LogP contribution in [-0.2, 0) is 4.74 Å². The summed E-state index contributed by atoms with van der Waals surface area (Å²) in [6, 6.07) is 3.40. The molecule has 0 unspecified atom stereocenters. The van der Waals surface area contributed by atoms with Gasteiger partial charge in [-0.15, -0.1) is 0 Å². The van der Waals surface area contributed by atoms with Crippen LogP contribution < -0.4 is 9.47 Å². The highest BCUT2D eigenvalue weighted by Gasteiger charge is 2.17. The van der Waals surface area contributed by atoms with Crippen molar-refractivity contribution in [2.24, 2.45) is 0 Å². The summed E-state index contributed by atoms with van der Waals surface area (Å²) in [6.07, 6.45) is 0. The van der Waals surface area contributed by atoms with Gasteiger partial charge in [0.05, 0.1) is 26.8 Å². The number of benzene rings is 1. The van der Waals surface area contributed by atoms with E-state index < -0.39 is 5.97 Å². The summed E-state index contributed by atoms with van der Waals surface area (Å²) in [5.41, 5.74) is 0.909. The maximum atomic E-state index is 11.5. The Hall–Kier alpha value is -2.24. The van der Waals surface area contributed by atoms with Crippen LogP contribution in [0.25, 0.3) is 10.9 Å². The van der Waals surface area contributed by atoms with E-state index in [1.54, 1.807) is 19.2 Å². The molecule has 0 saturated carbocycles. The molecule has 1 heterocycles. The third-order valence-corrected chi connectivity index (χ3v) is 2.45. The van der Waals surface area contributed by atoms with Gasteiger partial charge in [-0.25, -0.2) is 4.79 Å². The largest absolute Gasteiger partial charge is 0.493 e. The SMILES string of the molecule is COC(=O)c1n[nH]c2cc(OC)c(OC)cc12. The van der Waals surface area contributed by atoms with Crippen LogP contribution in [0.3, 0.4) is 0 Å². The van der Waals surface area contributed by atoms with Gasteiger partial charge in [0.25, 0.3) is 0 Å². The first-order valence-corrected chi connectivity index (χ1v) is 4.89. The third-order valence-electron chi connectivity index (χ3n) is 2.45. The molecule has 17 heavy (non-hydrogen) atoms. The van der Waals surface area contributed by atoms with Crippen molar-refractivity contribution >= 4 is 16.9 Å². The predicted octanol–water partition coefficient (Wildman–Crippen LogP) is 1.37. The monoisotopic (exact) mass is 236 g/mol. The van der Waals surface area contributed by atoms with Crippen LogP contribution in [0.1, 0.15) is 10.5 Å². The molecular formula is C11H12N2O4. The second kappa shape index (κ2) is 4.32. The van der Waals surface area contributed by atoms with E-state index in [1.165, 1.54) is 14.2 Å². The Morgan fingerprint density at radius 2 is 1.82 bits per heavy atom. The molecule has 0 radical (unpaired) electrons. The van der Waals surface area contributed by atoms with E-state index in [-0.39, 0.29) is 5.69 Å². The molecule has 0 aliphatic carbocycles. The van der Waals surface area contributed by atoms with Crippen LogP contribution >= 0.6 is 0 Å². The molecule has 0 saturated heterocycles. The van der Waals surface area contributed by atoms with Crippen LogP contribution in [0.4, 0.5) is 0 Å². The average Bonchev–Trinajstić information content (AvgIpc) is 2.78. The number of nitrogens with zero attached hydrogens (tertiary/aromatic N) is 1. The van der Waals surface area contributed by atoms with Gasteiger partial charge in [0.1, 0.15) is 0 Å². The van der Waals surface area contributed by atoms with E-state index in [4.69, 9.17) is 9.47 Å². The van der Waals surface area contributed by atoms with Crippen LogP contribution in [0, 0.1) is 0 Å². The minimum Gasteiger partial charge on any atom is -0.493 e. The zero-order chi connectivity index (χ0) is 12.4. The van der Waals surface area contributed by atoms with Crippen LogP contribution in [0.5, 0.6) is 11.5 Å². The molecule has 6 heteroatoms. The number of fused-ring (bicyclic) bond motifs is 1. The van der Waals surface area contributed by atoms with Gasteiger partial charge in [-0.3, -0.25) is 5.10 Å². The Labute approximate surface area is 97.5 Å². The molecule has 90 valence electrons. The zero-order valence-electron chi connectivity index (χ0n) is 9.73. The Morgan fingerprint density at radius 1 is 1.18 bits per heavy atom. The lowest BCUT2D eigenvalue weighted by Gasteiger charge is -2.07. The number of esters is 1. The molecule has 1 aromatic heterocycles. The minimum absolute atomic E-state index is 0.225. The number of aromatic nitrogens is 2. The fraction of sp³-hybridized carbons (Fsp3) is 0.273. The van der Waals surface area contributed by atoms with Gasteiger partial charge >= 0.3 is 5.97 Å². The van der Waals surface area contributed by atoms with E-state index in [9.17, 15) is 4.79 Å². The van der Waals surface area contributed by atoms with Gasteiger partial charge in [0.15, 0.2) is 17.2 Å². The number of nitrogens with one attached hydrogen (secondary N) is 1. The van der Waals surface area contributed by atoms with E-state index in [2.05, 4.69) is 14.9 Å². The van der Waals surface area contributed by atoms with E-state index >= 15 is 0 Å². The summed E-state index contributed by atoms with van der Waals surface area (Å²) in [7, 11) is 4.38. The second-order valence-corrected chi connectivity index (χ2v) is 3.32. The predicted molar refractivity (Wildman–Crippen MR) is 60.5 cm³/mol. The molecule has 6 nitrogen and oxygen atoms in total. The van der Waals surface area contributed by atoms with Crippen molar-refractivity contribution in [3.05, 3.63) is 17.8 Å². The van der Waals surface area contributed by atoms with E-state index in [0.717, 1.165) is 0 Å². The molecule has 0 aliphatic heterocycles. The molecule has 1 aromatic carbocycles. The average molecular weight is 236 g/mol. The number of methoxy groups -OCH3 is 3. The number of H-pyrrole nitrogens is 1. The Bertz CT molecular complexity index is 562. The first-order valence-electron chi connectivity index (χ1n) is 4.89. The Balaban J connectivity index is 2.65. The number of ether oxygens (including phenoxy) is 3. The summed E-state index contributed by atoms with van der Waals surface area (Å²) in [5, 5.41) is 7.28. The number of hydrogen-bond donors (Lipinski definition) is 1. The summed E-state index contributed by atoms with van der Waals surface area (Å²) in [6.45, 7) is 0. The molecule has 0 amide bonds. The van der Waals surface area contributed by atoms with Gasteiger partial charge < -0.3 is 14.2 Å². The molecule has 1 N–H and O–H groups in total. The number of rotatable bonds is 3. The van der Waals surface area contributed by atoms with E-state index in [1.807, 2.05) is 0 Å². The van der Waals surface area contributed by atoms with Crippen molar-refractivity contribution in [1.29, 1.82) is 0 Å². The smallest absolute Gasteiger partial charge is 0.359 e. The van der Waals surface area contributed by atoms with E-state index in [0.29, 0.717) is 22.4 Å².